The van der Waals surface area contributed by atoms with Crippen LogP contribution in [-0.2, 0) is 9.22 Å². The SMILES string of the molecule is C/C(I)=C/C[C@@H](CO[Si](C)(C)C(C)(C)C)[C@@H]1CCC2=CCC[C@]3(C)[C@H]2[C@@H]3C1=O. The average Bonchev–Trinajstić information content (AvgIpc) is 3.24. The van der Waals surface area contributed by atoms with E-state index in [0.717, 1.165) is 25.9 Å². The minimum atomic E-state index is -1.81. The lowest BCUT2D eigenvalue weighted by atomic mass is 9.78. The van der Waals surface area contributed by atoms with Crippen molar-refractivity contribution in [1.82, 2.24) is 0 Å². The van der Waals surface area contributed by atoms with Crippen molar-refractivity contribution in [2.45, 2.75) is 84.9 Å². The second-order valence-corrected chi connectivity index (χ2v) is 17.7. The summed E-state index contributed by atoms with van der Waals surface area (Å²) in [4.78, 5) is 13.6. The third kappa shape index (κ3) is 4.25. The van der Waals surface area contributed by atoms with Crippen LogP contribution in [0.15, 0.2) is 21.3 Å². The number of Topliss-reactive ketones (excluding diaryl/α,β-unsaturated/α-hetero) is 1. The number of ketones is 1. The van der Waals surface area contributed by atoms with Gasteiger partial charge in [0.1, 0.15) is 5.78 Å². The summed E-state index contributed by atoms with van der Waals surface area (Å²) in [6.45, 7) is 16.8. The zero-order chi connectivity index (χ0) is 20.9. The second kappa shape index (κ2) is 7.95. The highest BCUT2D eigenvalue weighted by molar-refractivity contribution is 14.1. The van der Waals surface area contributed by atoms with Crippen LogP contribution in [-0.4, -0.2) is 20.7 Å². The van der Waals surface area contributed by atoms with E-state index in [-0.39, 0.29) is 22.3 Å². The Bertz CT molecular complexity index is 683. The van der Waals surface area contributed by atoms with Crippen LogP contribution in [0.3, 0.4) is 0 Å². The van der Waals surface area contributed by atoms with Crippen molar-refractivity contribution in [2.75, 3.05) is 6.61 Å². The Morgan fingerprint density at radius 1 is 1.39 bits per heavy atom. The predicted molar refractivity (Wildman–Crippen MR) is 129 cm³/mol. The molecule has 3 aliphatic rings. The maximum Gasteiger partial charge on any atom is 0.191 e. The highest BCUT2D eigenvalue weighted by atomic mass is 127. The molecule has 0 bridgehead atoms. The van der Waals surface area contributed by atoms with Crippen LogP contribution in [0.5, 0.6) is 0 Å². The first-order chi connectivity index (χ1) is 12.9. The van der Waals surface area contributed by atoms with Gasteiger partial charge in [0.25, 0.3) is 0 Å². The van der Waals surface area contributed by atoms with Crippen molar-refractivity contribution in [3.63, 3.8) is 0 Å². The van der Waals surface area contributed by atoms with E-state index >= 15 is 0 Å². The maximum absolute atomic E-state index is 13.6. The first kappa shape index (κ1) is 22.7. The molecule has 0 amide bonds. The van der Waals surface area contributed by atoms with Gasteiger partial charge in [-0.15, -0.1) is 0 Å². The van der Waals surface area contributed by atoms with Crippen LogP contribution in [0.4, 0.5) is 0 Å². The number of rotatable bonds is 6. The predicted octanol–water partition coefficient (Wildman–Crippen LogP) is 7.30. The Kier molecular flexibility index (Phi) is 6.46. The molecule has 4 heteroatoms. The third-order valence-electron chi connectivity index (χ3n) is 8.29. The number of carbonyl (C=O) groups is 1. The molecule has 0 spiro atoms. The van der Waals surface area contributed by atoms with Crippen molar-refractivity contribution >= 4 is 36.7 Å². The molecule has 2 saturated carbocycles. The monoisotopic (exact) mass is 514 g/mol. The zero-order valence-corrected chi connectivity index (χ0v) is 22.1. The fourth-order valence-corrected chi connectivity index (χ4v) is 6.63. The molecule has 0 unspecified atom stereocenters. The molecule has 0 aromatic carbocycles. The van der Waals surface area contributed by atoms with Gasteiger partial charge in [0.15, 0.2) is 8.32 Å². The molecule has 158 valence electrons. The van der Waals surface area contributed by atoms with Crippen molar-refractivity contribution in [2.24, 2.45) is 29.1 Å². The quantitative estimate of drug-likeness (QED) is 0.211. The van der Waals surface area contributed by atoms with Gasteiger partial charge in [0.2, 0.25) is 0 Å². The molecular formula is C24H39IO2Si. The van der Waals surface area contributed by atoms with E-state index in [1.54, 1.807) is 5.57 Å². The summed E-state index contributed by atoms with van der Waals surface area (Å²) in [5.41, 5.74) is 1.86. The highest BCUT2D eigenvalue weighted by Gasteiger charge is 2.67. The molecule has 3 aliphatic carbocycles. The van der Waals surface area contributed by atoms with Crippen molar-refractivity contribution in [3.05, 3.63) is 21.3 Å². The van der Waals surface area contributed by atoms with E-state index in [4.69, 9.17) is 4.43 Å². The minimum absolute atomic E-state index is 0.162. The topological polar surface area (TPSA) is 26.3 Å². The number of carbonyl (C=O) groups excluding carboxylic acids is 1. The third-order valence-corrected chi connectivity index (χ3v) is 13.2. The minimum Gasteiger partial charge on any atom is -0.417 e. The average molecular weight is 515 g/mol. The largest absolute Gasteiger partial charge is 0.417 e. The number of halogens is 1. The molecule has 5 atom stereocenters. The molecule has 28 heavy (non-hydrogen) atoms. The van der Waals surface area contributed by atoms with E-state index in [2.05, 4.69) is 82.5 Å². The molecular weight excluding hydrogens is 475 g/mol. The summed E-state index contributed by atoms with van der Waals surface area (Å²) in [6, 6.07) is 0. The number of allylic oxidation sites excluding steroid dienone is 4. The lowest BCUT2D eigenvalue weighted by Crippen LogP contribution is -2.43. The van der Waals surface area contributed by atoms with E-state index in [0.29, 0.717) is 17.6 Å². The number of hydrogen-bond donors (Lipinski definition) is 0. The molecule has 2 nitrogen and oxygen atoms in total. The number of fused-ring (bicyclic) bond motifs is 1. The van der Waals surface area contributed by atoms with Gasteiger partial charge >= 0.3 is 0 Å². The van der Waals surface area contributed by atoms with Crippen LogP contribution in [0.1, 0.15) is 66.7 Å². The fourth-order valence-electron chi connectivity index (χ4n) is 5.31. The molecule has 0 aromatic rings. The van der Waals surface area contributed by atoms with E-state index in [1.807, 2.05) is 0 Å². The number of hydrogen-bond acceptors (Lipinski definition) is 2. The Balaban J connectivity index is 1.80. The van der Waals surface area contributed by atoms with Crippen molar-refractivity contribution in [1.29, 1.82) is 0 Å². The summed E-state index contributed by atoms with van der Waals surface area (Å²) >= 11 is 2.39. The molecule has 0 heterocycles. The lowest BCUT2D eigenvalue weighted by molar-refractivity contribution is -0.127. The smallest absolute Gasteiger partial charge is 0.191 e. The van der Waals surface area contributed by atoms with Crippen LogP contribution in [0, 0.1) is 29.1 Å². The maximum atomic E-state index is 13.6. The Hall–Kier alpha value is 0.0569. The van der Waals surface area contributed by atoms with Crippen LogP contribution in [0.25, 0.3) is 0 Å². The molecule has 0 aliphatic heterocycles. The van der Waals surface area contributed by atoms with Gasteiger partial charge in [-0.1, -0.05) is 45.4 Å². The van der Waals surface area contributed by atoms with Gasteiger partial charge in [-0.2, -0.15) is 0 Å². The van der Waals surface area contributed by atoms with E-state index < -0.39 is 8.32 Å². The molecule has 3 rings (SSSR count). The van der Waals surface area contributed by atoms with Crippen LogP contribution >= 0.6 is 22.6 Å². The van der Waals surface area contributed by atoms with Crippen molar-refractivity contribution < 1.29 is 9.22 Å². The van der Waals surface area contributed by atoms with Gasteiger partial charge in [-0.25, -0.2) is 0 Å². The van der Waals surface area contributed by atoms with Gasteiger partial charge in [-0.3, -0.25) is 4.79 Å². The first-order valence-electron chi connectivity index (χ1n) is 11.1. The summed E-state index contributed by atoms with van der Waals surface area (Å²) < 4.78 is 7.95. The first-order valence-corrected chi connectivity index (χ1v) is 15.1. The fraction of sp³-hybridized carbons (Fsp3) is 0.792. The van der Waals surface area contributed by atoms with E-state index in [9.17, 15) is 4.79 Å². The van der Waals surface area contributed by atoms with Gasteiger partial charge in [0.05, 0.1) is 0 Å². The molecule has 0 saturated heterocycles. The van der Waals surface area contributed by atoms with Gasteiger partial charge in [0, 0.05) is 18.4 Å². The molecule has 2 fully saturated rings. The molecule has 0 N–H and O–H groups in total. The standard InChI is InChI=1S/C24H39IO2Si/c1-16(25)10-11-18(15-27-28(6,7)23(2,3)4)19-13-12-17-9-8-14-24(5)20(17)21(24)22(19)26/h9-10,18-21H,8,11-15H2,1-7H3/b16-10-/t18-,19-,20+,21+,24+/m0/s1. The summed E-state index contributed by atoms with van der Waals surface area (Å²) in [5.74, 6) is 1.88. The Morgan fingerprint density at radius 2 is 2.07 bits per heavy atom. The Labute approximate surface area is 187 Å². The highest BCUT2D eigenvalue weighted by Crippen LogP contribution is 2.69. The van der Waals surface area contributed by atoms with E-state index in [1.165, 1.54) is 16.4 Å². The van der Waals surface area contributed by atoms with Crippen LogP contribution in [0.2, 0.25) is 18.1 Å². The summed E-state index contributed by atoms with van der Waals surface area (Å²) in [6.07, 6.45) is 10.2. The molecule has 0 aromatic heterocycles. The van der Waals surface area contributed by atoms with Crippen molar-refractivity contribution in [3.8, 4) is 0 Å². The summed E-state index contributed by atoms with van der Waals surface area (Å²) in [5, 5.41) is 0.205. The van der Waals surface area contributed by atoms with Crippen LogP contribution < -0.4 is 0 Å². The summed E-state index contributed by atoms with van der Waals surface area (Å²) in [7, 11) is -1.81. The Morgan fingerprint density at radius 3 is 2.68 bits per heavy atom. The second-order valence-electron chi connectivity index (χ2n) is 11.2. The normalized spacial score (nSPS) is 34.4. The van der Waals surface area contributed by atoms with Gasteiger partial charge < -0.3 is 4.43 Å². The van der Waals surface area contributed by atoms with Gasteiger partial charge in [-0.05, 0) is 101 Å². The lowest BCUT2D eigenvalue weighted by Gasteiger charge is -2.38. The zero-order valence-electron chi connectivity index (χ0n) is 18.9. The molecule has 0 radical (unpaired) electrons.